The molecule has 5 nitrogen and oxygen atoms in total. The van der Waals surface area contributed by atoms with Gasteiger partial charge < -0.3 is 5.32 Å². The minimum Gasteiger partial charge on any atom is -0.348 e. The van der Waals surface area contributed by atoms with Gasteiger partial charge in [0.05, 0.1) is 15.5 Å². The van der Waals surface area contributed by atoms with Gasteiger partial charge >= 0.3 is 0 Å². The van der Waals surface area contributed by atoms with Crippen molar-refractivity contribution in [3.63, 3.8) is 0 Å². The summed E-state index contributed by atoms with van der Waals surface area (Å²) in [5.74, 6) is 0.762. The van der Waals surface area contributed by atoms with Crippen molar-refractivity contribution in [1.29, 1.82) is 0 Å². The van der Waals surface area contributed by atoms with Gasteiger partial charge in [0.25, 0.3) is 11.6 Å². The molecule has 2 rings (SSSR count). The fourth-order valence-corrected chi connectivity index (χ4v) is 4.01. The number of hydrogen-bond donors (Lipinski definition) is 1. The smallest absolute Gasteiger partial charge is 0.270 e. The van der Waals surface area contributed by atoms with E-state index in [1.54, 1.807) is 0 Å². The number of hydrogen-bond acceptors (Lipinski definition) is 4. The molecule has 1 aromatic carbocycles. The molecule has 0 radical (unpaired) electrons. The Labute approximate surface area is 132 Å². The topological polar surface area (TPSA) is 72.2 Å². The van der Waals surface area contributed by atoms with Crippen LogP contribution in [0.3, 0.4) is 0 Å². The van der Waals surface area contributed by atoms with E-state index >= 15 is 0 Å². The van der Waals surface area contributed by atoms with Crippen LogP contribution in [-0.4, -0.2) is 27.9 Å². The van der Waals surface area contributed by atoms with Crippen LogP contribution in [0.25, 0.3) is 0 Å². The van der Waals surface area contributed by atoms with E-state index in [-0.39, 0.29) is 28.2 Å². The lowest BCUT2D eigenvalue weighted by molar-refractivity contribution is -0.384. The monoisotopic (exact) mass is 328 g/mol. The van der Waals surface area contributed by atoms with E-state index in [2.05, 4.69) is 12.2 Å². The Bertz CT molecular complexity index is 553. The second-order valence-corrected chi connectivity index (χ2v) is 6.85. The highest BCUT2D eigenvalue weighted by Gasteiger charge is 2.29. The number of rotatable bonds is 5. The van der Waals surface area contributed by atoms with Gasteiger partial charge in [-0.3, -0.25) is 14.9 Å². The Balaban J connectivity index is 2.08. The molecule has 1 aliphatic rings. The van der Waals surface area contributed by atoms with E-state index < -0.39 is 4.92 Å². The molecule has 1 aliphatic carbocycles. The molecule has 0 heterocycles. The maximum atomic E-state index is 12.3. The molecule has 0 spiro atoms. The fraction of sp³-hybridized carbons (Fsp3) is 0.500. The number of nitrogens with zero attached hydrogens (tertiary/aromatic N) is 1. The first kappa shape index (κ1) is 16.1. The molecule has 1 saturated carbocycles. The molecule has 0 aliphatic heterocycles. The van der Waals surface area contributed by atoms with Crippen LogP contribution >= 0.6 is 23.4 Å². The van der Waals surface area contributed by atoms with Gasteiger partial charge in [0, 0.05) is 23.4 Å². The molecule has 1 amide bonds. The lowest BCUT2D eigenvalue weighted by Gasteiger charge is -2.20. The summed E-state index contributed by atoms with van der Waals surface area (Å²) in [4.78, 5) is 22.4. The molecule has 7 heteroatoms. The first-order chi connectivity index (χ1) is 10.0. The first-order valence-electron chi connectivity index (χ1n) is 6.89. The van der Waals surface area contributed by atoms with E-state index in [9.17, 15) is 14.9 Å². The lowest BCUT2D eigenvalue weighted by Crippen LogP contribution is -2.38. The standard InChI is InChI=1S/C14H17ClN2O3S/c1-2-21-13-5-3-4-12(13)16-14(18)10-7-6-9(17(19)20)8-11(10)15/h6-8,12-13H,2-5H2,1H3,(H,16,18). The molecule has 114 valence electrons. The number of benzene rings is 1. The lowest BCUT2D eigenvalue weighted by atomic mass is 10.1. The molecular formula is C14H17ClN2O3S. The van der Waals surface area contributed by atoms with Gasteiger partial charge in [-0.15, -0.1) is 0 Å². The predicted octanol–water partition coefficient (Wildman–Crippen LogP) is 3.65. The van der Waals surface area contributed by atoms with Crippen LogP contribution in [0.5, 0.6) is 0 Å². The SMILES string of the molecule is CCSC1CCCC1NC(=O)c1ccc([N+](=O)[O-])cc1Cl. The second-order valence-electron chi connectivity index (χ2n) is 4.93. The summed E-state index contributed by atoms with van der Waals surface area (Å²) in [6, 6.07) is 4.07. The van der Waals surface area contributed by atoms with Crippen molar-refractivity contribution < 1.29 is 9.72 Å². The van der Waals surface area contributed by atoms with Crippen LogP contribution in [-0.2, 0) is 0 Å². The number of halogens is 1. The van der Waals surface area contributed by atoms with Crippen LogP contribution in [0.1, 0.15) is 36.5 Å². The maximum Gasteiger partial charge on any atom is 0.270 e. The largest absolute Gasteiger partial charge is 0.348 e. The van der Waals surface area contributed by atoms with Crippen molar-refractivity contribution >= 4 is 35.0 Å². The number of carbonyl (C=O) groups excluding carboxylic acids is 1. The highest BCUT2D eigenvalue weighted by molar-refractivity contribution is 7.99. The normalized spacial score (nSPS) is 21.2. The first-order valence-corrected chi connectivity index (χ1v) is 8.32. The van der Waals surface area contributed by atoms with Crippen molar-refractivity contribution in [2.45, 2.75) is 37.5 Å². The van der Waals surface area contributed by atoms with Crippen molar-refractivity contribution in [3.8, 4) is 0 Å². The van der Waals surface area contributed by atoms with Gasteiger partial charge in [0.2, 0.25) is 0 Å². The van der Waals surface area contributed by atoms with Gasteiger partial charge in [-0.05, 0) is 24.7 Å². The third-order valence-electron chi connectivity index (χ3n) is 3.56. The van der Waals surface area contributed by atoms with Gasteiger partial charge in [0.15, 0.2) is 0 Å². The third kappa shape index (κ3) is 3.89. The Morgan fingerprint density at radius 2 is 2.29 bits per heavy atom. The van der Waals surface area contributed by atoms with Crippen LogP contribution in [0.4, 0.5) is 5.69 Å². The second kappa shape index (κ2) is 7.13. The summed E-state index contributed by atoms with van der Waals surface area (Å²) < 4.78 is 0. The van der Waals surface area contributed by atoms with Crippen molar-refractivity contribution in [1.82, 2.24) is 5.32 Å². The van der Waals surface area contributed by atoms with Crippen molar-refractivity contribution in [2.75, 3.05) is 5.75 Å². The van der Waals surface area contributed by atoms with E-state index in [1.165, 1.54) is 18.2 Å². The highest BCUT2D eigenvalue weighted by Crippen LogP contribution is 2.30. The summed E-state index contributed by atoms with van der Waals surface area (Å²) in [6.45, 7) is 2.11. The molecule has 0 saturated heterocycles. The number of non-ortho nitro benzene ring substituents is 1. The zero-order valence-electron chi connectivity index (χ0n) is 11.7. The van der Waals surface area contributed by atoms with Crippen LogP contribution in [0.15, 0.2) is 18.2 Å². The average Bonchev–Trinajstić information content (AvgIpc) is 2.86. The Hall–Kier alpha value is -1.27. The minimum absolute atomic E-state index is 0.111. The van der Waals surface area contributed by atoms with Crippen molar-refractivity contribution in [3.05, 3.63) is 38.9 Å². The highest BCUT2D eigenvalue weighted by atomic mass is 35.5. The van der Waals surface area contributed by atoms with Crippen LogP contribution in [0, 0.1) is 10.1 Å². The number of nitrogens with one attached hydrogen (secondary N) is 1. The van der Waals surface area contributed by atoms with Gasteiger partial charge in [-0.1, -0.05) is 24.9 Å². The van der Waals surface area contributed by atoms with Crippen LogP contribution in [0.2, 0.25) is 5.02 Å². The molecule has 1 aromatic rings. The number of thioether (sulfide) groups is 1. The molecule has 2 atom stereocenters. The fourth-order valence-electron chi connectivity index (χ4n) is 2.55. The maximum absolute atomic E-state index is 12.3. The molecule has 0 bridgehead atoms. The van der Waals surface area contributed by atoms with E-state index in [1.807, 2.05) is 11.8 Å². The van der Waals surface area contributed by atoms with Gasteiger partial charge in [-0.2, -0.15) is 11.8 Å². The third-order valence-corrected chi connectivity index (χ3v) is 5.20. The number of nitro benzene ring substituents is 1. The quantitative estimate of drug-likeness (QED) is 0.661. The molecular weight excluding hydrogens is 312 g/mol. The van der Waals surface area contributed by atoms with E-state index in [0.29, 0.717) is 5.25 Å². The molecule has 0 aromatic heterocycles. The van der Waals surface area contributed by atoms with Gasteiger partial charge in [-0.25, -0.2) is 0 Å². The number of amides is 1. The van der Waals surface area contributed by atoms with Gasteiger partial charge in [0.1, 0.15) is 0 Å². The summed E-state index contributed by atoms with van der Waals surface area (Å²) in [5, 5.41) is 14.2. The van der Waals surface area contributed by atoms with Crippen molar-refractivity contribution in [2.24, 2.45) is 0 Å². The molecule has 2 unspecified atom stereocenters. The Kier molecular flexibility index (Phi) is 5.47. The Morgan fingerprint density at radius 3 is 2.90 bits per heavy atom. The average molecular weight is 329 g/mol. The van der Waals surface area contributed by atoms with E-state index in [0.717, 1.165) is 25.0 Å². The molecule has 1 fully saturated rings. The summed E-state index contributed by atoms with van der Waals surface area (Å²) in [7, 11) is 0. The summed E-state index contributed by atoms with van der Waals surface area (Å²) in [6.07, 6.45) is 3.18. The summed E-state index contributed by atoms with van der Waals surface area (Å²) >= 11 is 7.84. The van der Waals surface area contributed by atoms with Crippen LogP contribution < -0.4 is 5.32 Å². The predicted molar refractivity (Wildman–Crippen MR) is 85.1 cm³/mol. The minimum atomic E-state index is -0.529. The molecule has 1 N–H and O–H groups in total. The van der Waals surface area contributed by atoms with E-state index in [4.69, 9.17) is 11.6 Å². The molecule has 21 heavy (non-hydrogen) atoms. The zero-order chi connectivity index (χ0) is 15.4. The number of nitro groups is 1. The number of carbonyl (C=O) groups is 1. The Morgan fingerprint density at radius 1 is 1.52 bits per heavy atom. The summed E-state index contributed by atoms with van der Waals surface area (Å²) in [5.41, 5.74) is 0.172. The zero-order valence-corrected chi connectivity index (χ0v) is 13.2.